The molecule has 0 radical (unpaired) electrons. The fraction of sp³-hybridized carbons (Fsp3) is 0.222. The molecule has 1 aliphatic carbocycles. The Labute approximate surface area is 227 Å². The van der Waals surface area contributed by atoms with Crippen LogP contribution in [0.3, 0.4) is 0 Å². The van der Waals surface area contributed by atoms with Gasteiger partial charge in [-0.15, -0.1) is 0 Å². The number of hydrogen-bond donors (Lipinski definition) is 2. The standard InChI is InChI=1S/C27H23F3N6O3S/c28-27(29,30)40(38,39)34-23-8-4-18-15-19(3-7-21(18)23)22-16-36(20-5-1-17(2-6-20)10-14-37)33-25(22)24-9-11-31-26-32-12-13-35(24)26/h1-3,5-7,9,11-13,15-16,23,34,37H,4,8,10,14H2. The molecule has 40 heavy (non-hydrogen) atoms. The summed E-state index contributed by atoms with van der Waals surface area (Å²) in [5, 5.41) is 14.1. The number of rotatable bonds is 7. The molecule has 5 aromatic rings. The number of nitrogens with zero attached hydrogens (tertiary/aromatic N) is 5. The quantitative estimate of drug-likeness (QED) is 0.304. The largest absolute Gasteiger partial charge is 0.511 e. The summed E-state index contributed by atoms with van der Waals surface area (Å²) in [6.45, 7) is 0.0508. The summed E-state index contributed by atoms with van der Waals surface area (Å²) >= 11 is 0. The first-order valence-corrected chi connectivity index (χ1v) is 13.9. The highest BCUT2D eigenvalue weighted by molar-refractivity contribution is 7.90. The molecule has 0 fully saturated rings. The Balaban J connectivity index is 1.43. The Morgan fingerprint density at radius 1 is 1.05 bits per heavy atom. The van der Waals surface area contributed by atoms with Crippen LogP contribution in [0.4, 0.5) is 13.2 Å². The van der Waals surface area contributed by atoms with Gasteiger partial charge in [-0.1, -0.05) is 30.3 Å². The van der Waals surface area contributed by atoms with Crippen LogP contribution >= 0.6 is 0 Å². The van der Waals surface area contributed by atoms with Gasteiger partial charge < -0.3 is 5.11 Å². The van der Waals surface area contributed by atoms with E-state index in [1.54, 1.807) is 40.1 Å². The normalized spacial score (nSPS) is 15.6. The summed E-state index contributed by atoms with van der Waals surface area (Å²) in [7, 11) is -5.47. The minimum atomic E-state index is -5.47. The zero-order valence-electron chi connectivity index (χ0n) is 20.9. The van der Waals surface area contributed by atoms with Crippen molar-refractivity contribution in [1.29, 1.82) is 0 Å². The van der Waals surface area contributed by atoms with Gasteiger partial charge in [0.15, 0.2) is 0 Å². The molecule has 3 heterocycles. The van der Waals surface area contributed by atoms with Gasteiger partial charge in [0.2, 0.25) is 5.78 Å². The second kappa shape index (κ2) is 9.84. The summed E-state index contributed by atoms with van der Waals surface area (Å²) in [6, 6.07) is 13.8. The molecule has 0 amide bonds. The molecule has 1 unspecified atom stereocenters. The number of halogens is 3. The first-order chi connectivity index (χ1) is 19.1. The highest BCUT2D eigenvalue weighted by Gasteiger charge is 2.47. The second-order valence-electron chi connectivity index (χ2n) is 9.48. The number of fused-ring (bicyclic) bond motifs is 2. The fourth-order valence-corrected chi connectivity index (χ4v) is 5.79. The lowest BCUT2D eigenvalue weighted by Gasteiger charge is -2.16. The molecule has 0 bridgehead atoms. The third-order valence-electron chi connectivity index (χ3n) is 7.00. The molecule has 2 N–H and O–H groups in total. The number of nitrogens with one attached hydrogen (secondary N) is 1. The van der Waals surface area contributed by atoms with E-state index in [0.29, 0.717) is 29.9 Å². The summed E-state index contributed by atoms with van der Waals surface area (Å²) in [5.41, 5.74) is 0.618. The number of aliphatic hydroxyl groups excluding tert-OH is 1. The minimum Gasteiger partial charge on any atom is -0.396 e. The fourth-order valence-electron chi connectivity index (χ4n) is 5.04. The molecule has 0 aliphatic heterocycles. The Bertz CT molecular complexity index is 1810. The van der Waals surface area contributed by atoms with Gasteiger partial charge in [-0.2, -0.15) is 23.0 Å². The predicted molar refractivity (Wildman–Crippen MR) is 141 cm³/mol. The van der Waals surface area contributed by atoms with Gasteiger partial charge in [-0.3, -0.25) is 4.40 Å². The maximum absolute atomic E-state index is 13.0. The van der Waals surface area contributed by atoms with E-state index in [2.05, 4.69) is 9.97 Å². The van der Waals surface area contributed by atoms with E-state index in [4.69, 9.17) is 5.10 Å². The van der Waals surface area contributed by atoms with Crippen LogP contribution in [0.5, 0.6) is 0 Å². The van der Waals surface area contributed by atoms with Crippen molar-refractivity contribution in [2.75, 3.05) is 6.61 Å². The van der Waals surface area contributed by atoms with Crippen LogP contribution in [0.2, 0.25) is 0 Å². The van der Waals surface area contributed by atoms with Crippen LogP contribution < -0.4 is 4.72 Å². The van der Waals surface area contributed by atoms with Gasteiger partial charge in [-0.05, 0) is 59.7 Å². The number of imidazole rings is 1. The van der Waals surface area contributed by atoms with E-state index in [0.717, 1.165) is 33.6 Å². The topological polar surface area (TPSA) is 114 Å². The van der Waals surface area contributed by atoms with Gasteiger partial charge in [0, 0.05) is 43.0 Å². The first kappa shape index (κ1) is 26.2. The number of aromatic nitrogens is 5. The van der Waals surface area contributed by atoms with E-state index in [9.17, 15) is 26.7 Å². The third kappa shape index (κ3) is 4.65. The van der Waals surface area contributed by atoms with Crippen molar-refractivity contribution in [2.45, 2.75) is 30.8 Å². The lowest BCUT2D eigenvalue weighted by Crippen LogP contribution is -2.38. The van der Waals surface area contributed by atoms with E-state index in [1.807, 2.05) is 47.0 Å². The molecule has 3 aromatic heterocycles. The smallest absolute Gasteiger partial charge is 0.396 e. The molecule has 2 aromatic carbocycles. The Kier molecular flexibility index (Phi) is 6.44. The van der Waals surface area contributed by atoms with Gasteiger partial charge >= 0.3 is 15.5 Å². The van der Waals surface area contributed by atoms with Crippen LogP contribution in [0.25, 0.3) is 34.0 Å². The Morgan fingerprint density at radius 2 is 1.82 bits per heavy atom. The molecule has 0 saturated carbocycles. The molecule has 0 saturated heterocycles. The van der Waals surface area contributed by atoms with Crippen molar-refractivity contribution >= 4 is 15.8 Å². The zero-order valence-corrected chi connectivity index (χ0v) is 21.7. The number of hydrogen-bond acceptors (Lipinski definition) is 6. The predicted octanol–water partition coefficient (Wildman–Crippen LogP) is 4.21. The van der Waals surface area contributed by atoms with Crippen LogP contribution in [-0.4, -0.2) is 49.8 Å². The monoisotopic (exact) mass is 568 g/mol. The lowest BCUT2D eigenvalue weighted by atomic mass is 9.99. The van der Waals surface area contributed by atoms with Crippen molar-refractivity contribution in [1.82, 2.24) is 28.9 Å². The summed E-state index contributed by atoms with van der Waals surface area (Å²) in [6.07, 6.45) is 8.13. The SMILES string of the molecule is O=S(=O)(NC1CCc2cc(-c3cn(-c4ccc(CCO)cc4)nc3-c3ccnc4nccn34)ccc21)C(F)(F)F. The van der Waals surface area contributed by atoms with E-state index < -0.39 is 21.6 Å². The molecule has 1 aliphatic rings. The van der Waals surface area contributed by atoms with Crippen molar-refractivity contribution in [2.24, 2.45) is 0 Å². The number of aryl methyl sites for hydroxylation is 1. The van der Waals surface area contributed by atoms with Gasteiger partial charge in [-0.25, -0.2) is 23.1 Å². The van der Waals surface area contributed by atoms with Gasteiger partial charge in [0.1, 0.15) is 5.69 Å². The molecular formula is C27H23F3N6O3S. The van der Waals surface area contributed by atoms with E-state index in [-0.39, 0.29) is 13.0 Å². The molecule has 6 rings (SSSR count). The zero-order chi connectivity index (χ0) is 28.1. The van der Waals surface area contributed by atoms with Crippen molar-refractivity contribution in [3.05, 3.63) is 90.0 Å². The number of sulfonamides is 1. The first-order valence-electron chi connectivity index (χ1n) is 12.4. The molecule has 13 heteroatoms. The maximum atomic E-state index is 13.0. The molecule has 1 atom stereocenters. The number of aliphatic hydroxyl groups is 1. The molecule has 9 nitrogen and oxygen atoms in total. The van der Waals surface area contributed by atoms with Crippen LogP contribution in [-0.2, 0) is 22.9 Å². The minimum absolute atomic E-state index is 0.0508. The van der Waals surface area contributed by atoms with Gasteiger partial charge in [0.05, 0.1) is 11.4 Å². The van der Waals surface area contributed by atoms with Crippen molar-refractivity contribution in [3.8, 4) is 28.2 Å². The lowest BCUT2D eigenvalue weighted by molar-refractivity contribution is -0.0451. The average molecular weight is 569 g/mol. The van der Waals surface area contributed by atoms with Crippen LogP contribution in [0.15, 0.2) is 73.3 Å². The average Bonchev–Trinajstić information content (AvgIpc) is 3.67. The highest BCUT2D eigenvalue weighted by atomic mass is 32.2. The molecular weight excluding hydrogens is 545 g/mol. The maximum Gasteiger partial charge on any atom is 0.511 e. The van der Waals surface area contributed by atoms with Crippen molar-refractivity contribution < 1.29 is 26.7 Å². The van der Waals surface area contributed by atoms with Crippen LogP contribution in [0.1, 0.15) is 29.2 Å². The second-order valence-corrected chi connectivity index (χ2v) is 11.2. The Morgan fingerprint density at radius 3 is 2.58 bits per heavy atom. The van der Waals surface area contributed by atoms with Crippen molar-refractivity contribution in [3.63, 3.8) is 0 Å². The van der Waals surface area contributed by atoms with E-state index >= 15 is 0 Å². The van der Waals surface area contributed by atoms with Gasteiger partial charge in [0.25, 0.3) is 0 Å². The highest BCUT2D eigenvalue weighted by Crippen LogP contribution is 2.39. The van der Waals surface area contributed by atoms with E-state index in [1.165, 1.54) is 0 Å². The molecule has 206 valence electrons. The Hall–Kier alpha value is -4.07. The number of alkyl halides is 3. The summed E-state index contributed by atoms with van der Waals surface area (Å²) in [5.74, 6) is 0.500. The third-order valence-corrected chi connectivity index (χ3v) is 8.20. The molecule has 0 spiro atoms. The number of benzene rings is 2. The van der Waals surface area contributed by atoms with Crippen LogP contribution in [0, 0.1) is 0 Å². The summed E-state index contributed by atoms with van der Waals surface area (Å²) < 4.78 is 67.7. The summed E-state index contributed by atoms with van der Waals surface area (Å²) in [4.78, 5) is 8.55.